The van der Waals surface area contributed by atoms with Crippen molar-refractivity contribution in [1.82, 2.24) is 25.1 Å². The number of rotatable bonds is 10. The van der Waals surface area contributed by atoms with Crippen LogP contribution in [0, 0.1) is 0 Å². The number of hydrogen-bond donors (Lipinski definition) is 3. The quantitative estimate of drug-likeness (QED) is 0.476. The number of unbranched alkanes of at least 4 members (excludes halogenated alkanes) is 1. The van der Waals surface area contributed by atoms with Crippen LogP contribution in [0.3, 0.4) is 0 Å². The van der Waals surface area contributed by atoms with Crippen molar-refractivity contribution in [3.63, 3.8) is 0 Å². The lowest BCUT2D eigenvalue weighted by Gasteiger charge is -2.12. The summed E-state index contributed by atoms with van der Waals surface area (Å²) in [4.78, 5) is 38.9. The van der Waals surface area contributed by atoms with Crippen LogP contribution in [0.15, 0.2) is 41.4 Å². The highest BCUT2D eigenvalue weighted by Gasteiger charge is 2.28. The molecule has 0 unspecified atom stereocenters. The highest BCUT2D eigenvalue weighted by molar-refractivity contribution is 6.09. The van der Waals surface area contributed by atoms with Gasteiger partial charge in [-0.05, 0) is 38.3 Å². The van der Waals surface area contributed by atoms with E-state index in [1.54, 1.807) is 25.5 Å². The lowest BCUT2D eigenvalue weighted by molar-refractivity contribution is 0.0954. The monoisotopic (exact) mass is 450 g/mol. The van der Waals surface area contributed by atoms with Crippen LogP contribution >= 0.6 is 0 Å². The summed E-state index contributed by atoms with van der Waals surface area (Å²) >= 11 is 0. The number of nitrogens with one attached hydrogen (secondary N) is 3. The van der Waals surface area contributed by atoms with Crippen molar-refractivity contribution >= 4 is 29.5 Å². The summed E-state index contributed by atoms with van der Waals surface area (Å²) in [6, 6.07) is 0. The molecular weight excluding hydrogens is 420 g/mol. The molecule has 1 saturated carbocycles. The summed E-state index contributed by atoms with van der Waals surface area (Å²) in [5.74, 6) is 0.285. The molecule has 0 aromatic carbocycles. The molecule has 0 bridgehead atoms. The molecule has 0 saturated heterocycles. The molecule has 2 aromatic heterocycles. The molecule has 174 valence electrons. The van der Waals surface area contributed by atoms with E-state index in [-0.39, 0.29) is 28.8 Å². The van der Waals surface area contributed by atoms with Gasteiger partial charge in [-0.1, -0.05) is 19.4 Å². The van der Waals surface area contributed by atoms with Gasteiger partial charge in [0.25, 0.3) is 11.8 Å². The van der Waals surface area contributed by atoms with Crippen LogP contribution in [-0.2, 0) is 7.05 Å². The van der Waals surface area contributed by atoms with Gasteiger partial charge in [0, 0.05) is 26.2 Å². The van der Waals surface area contributed by atoms with Gasteiger partial charge < -0.3 is 16.0 Å². The van der Waals surface area contributed by atoms with Gasteiger partial charge in [-0.15, -0.1) is 0 Å². The Morgan fingerprint density at radius 3 is 2.70 bits per heavy atom. The Morgan fingerprint density at radius 1 is 1.24 bits per heavy atom. The van der Waals surface area contributed by atoms with E-state index in [0.29, 0.717) is 11.7 Å². The number of nitrogens with zero attached hydrogens (tertiary/aromatic N) is 5. The highest BCUT2D eigenvalue weighted by Crippen LogP contribution is 2.39. The van der Waals surface area contributed by atoms with Crippen LogP contribution in [0.4, 0.5) is 11.5 Å². The molecule has 0 spiro atoms. The molecule has 1 aliphatic carbocycles. The predicted molar refractivity (Wildman–Crippen MR) is 128 cm³/mol. The van der Waals surface area contributed by atoms with Gasteiger partial charge in [0.2, 0.25) is 0 Å². The number of aliphatic imine (C=N–C) groups is 1. The van der Waals surface area contributed by atoms with Crippen LogP contribution in [0.5, 0.6) is 0 Å². The molecule has 0 radical (unpaired) electrons. The number of aryl methyl sites for hydroxylation is 1. The predicted octanol–water partition coefficient (Wildman–Crippen LogP) is 3.40. The molecule has 2 amide bonds. The molecule has 3 rings (SSSR count). The van der Waals surface area contributed by atoms with Crippen LogP contribution < -0.4 is 16.0 Å². The van der Waals surface area contributed by atoms with Crippen molar-refractivity contribution in [2.45, 2.75) is 45.4 Å². The fourth-order valence-corrected chi connectivity index (χ4v) is 3.07. The number of carbonyl (C=O) groups excluding carboxylic acids is 2. The highest BCUT2D eigenvalue weighted by atomic mass is 16.2. The number of allylic oxidation sites excluding steroid dienone is 3. The third kappa shape index (κ3) is 6.12. The van der Waals surface area contributed by atoms with Gasteiger partial charge in [-0.2, -0.15) is 5.10 Å². The zero-order valence-electron chi connectivity index (χ0n) is 19.4. The number of hydrogen-bond acceptors (Lipinski definition) is 7. The molecule has 3 N–H and O–H groups in total. The van der Waals surface area contributed by atoms with E-state index in [2.05, 4.69) is 42.9 Å². The van der Waals surface area contributed by atoms with Crippen molar-refractivity contribution in [2.75, 3.05) is 17.7 Å². The van der Waals surface area contributed by atoms with Gasteiger partial charge >= 0.3 is 0 Å². The summed E-state index contributed by atoms with van der Waals surface area (Å²) in [6.07, 6.45) is 14.6. The zero-order valence-corrected chi connectivity index (χ0v) is 19.4. The fourth-order valence-electron chi connectivity index (χ4n) is 3.07. The van der Waals surface area contributed by atoms with Crippen molar-refractivity contribution < 1.29 is 9.59 Å². The number of carbonyl (C=O) groups is 2. The molecule has 10 heteroatoms. The Balaban J connectivity index is 1.87. The Hall–Kier alpha value is -3.82. The normalized spacial score (nSPS) is 14.1. The standard InChI is InChI=1S/C23H30N8O2/c1-5-7-8-9-12-25-18(6-2)30-21-19(28-16(13-26-21)15-10-11-15)22(32)29-17-14-27-31(4)20(17)23(33)24-3/h6,8-9,12-15H,5,7,10-11H2,1-4H3,(H,24,33)(H,26,30)(H,29,32)/b9-8+,18-6+,25-12-. The summed E-state index contributed by atoms with van der Waals surface area (Å²) in [5.41, 5.74) is 1.43. The second-order valence-corrected chi connectivity index (χ2v) is 7.62. The second-order valence-electron chi connectivity index (χ2n) is 7.62. The number of amides is 2. The maximum absolute atomic E-state index is 13.2. The molecule has 0 atom stereocenters. The molecule has 2 aromatic rings. The van der Waals surface area contributed by atoms with E-state index >= 15 is 0 Å². The van der Waals surface area contributed by atoms with Crippen LogP contribution in [0.1, 0.15) is 72.1 Å². The summed E-state index contributed by atoms with van der Waals surface area (Å²) in [6.45, 7) is 3.95. The molecular formula is C23H30N8O2. The van der Waals surface area contributed by atoms with Gasteiger partial charge in [0.1, 0.15) is 11.5 Å². The van der Waals surface area contributed by atoms with Crippen LogP contribution in [0.2, 0.25) is 0 Å². The Morgan fingerprint density at radius 2 is 2.03 bits per heavy atom. The van der Waals surface area contributed by atoms with E-state index in [0.717, 1.165) is 31.4 Å². The van der Waals surface area contributed by atoms with E-state index in [1.165, 1.54) is 17.9 Å². The van der Waals surface area contributed by atoms with Crippen molar-refractivity contribution in [1.29, 1.82) is 0 Å². The summed E-state index contributed by atoms with van der Waals surface area (Å²) in [7, 11) is 3.15. The molecule has 0 aliphatic heterocycles. The van der Waals surface area contributed by atoms with Crippen molar-refractivity contribution in [3.05, 3.63) is 53.5 Å². The largest absolute Gasteiger partial charge is 0.354 e. The first-order valence-electron chi connectivity index (χ1n) is 11.0. The smallest absolute Gasteiger partial charge is 0.278 e. The van der Waals surface area contributed by atoms with Gasteiger partial charge in [-0.3, -0.25) is 14.3 Å². The average molecular weight is 451 g/mol. The molecule has 1 fully saturated rings. The topological polar surface area (TPSA) is 126 Å². The Kier molecular flexibility index (Phi) is 8.06. The fraction of sp³-hybridized carbons (Fsp3) is 0.391. The Bertz CT molecular complexity index is 1100. The molecule has 1 aliphatic rings. The van der Waals surface area contributed by atoms with Crippen LogP contribution in [0.25, 0.3) is 0 Å². The third-order valence-corrected chi connectivity index (χ3v) is 5.04. The SMILES string of the molecule is C\C=C(/N=C\C=C\CCC)Nc1ncc(C2CC2)nc1C(=O)Nc1cnn(C)c1C(=O)NC. The molecule has 2 heterocycles. The average Bonchev–Trinajstić information content (AvgIpc) is 3.61. The van der Waals surface area contributed by atoms with Gasteiger partial charge in [0.05, 0.1) is 23.8 Å². The minimum Gasteiger partial charge on any atom is -0.354 e. The summed E-state index contributed by atoms with van der Waals surface area (Å²) < 4.78 is 1.40. The molecule has 33 heavy (non-hydrogen) atoms. The van der Waals surface area contributed by atoms with E-state index in [4.69, 9.17) is 0 Å². The summed E-state index contributed by atoms with van der Waals surface area (Å²) in [5, 5.41) is 12.5. The maximum Gasteiger partial charge on any atom is 0.278 e. The van der Waals surface area contributed by atoms with Crippen molar-refractivity contribution in [3.8, 4) is 0 Å². The van der Waals surface area contributed by atoms with Crippen LogP contribution in [-0.4, -0.2) is 44.8 Å². The second kappa shape index (κ2) is 11.2. The van der Waals surface area contributed by atoms with E-state index in [9.17, 15) is 9.59 Å². The lowest BCUT2D eigenvalue weighted by Crippen LogP contribution is -2.24. The minimum atomic E-state index is -0.493. The van der Waals surface area contributed by atoms with E-state index in [1.807, 2.05) is 19.1 Å². The van der Waals surface area contributed by atoms with Crippen molar-refractivity contribution in [2.24, 2.45) is 12.0 Å². The first-order chi connectivity index (χ1) is 16.0. The van der Waals surface area contributed by atoms with Gasteiger partial charge in [-0.25, -0.2) is 15.0 Å². The first kappa shape index (κ1) is 23.8. The third-order valence-electron chi connectivity index (χ3n) is 5.04. The minimum absolute atomic E-state index is 0.127. The number of anilines is 2. The number of aromatic nitrogens is 4. The maximum atomic E-state index is 13.2. The Labute approximate surface area is 193 Å². The van der Waals surface area contributed by atoms with Gasteiger partial charge in [0.15, 0.2) is 11.5 Å². The molecule has 10 nitrogen and oxygen atoms in total. The van der Waals surface area contributed by atoms with E-state index < -0.39 is 5.91 Å². The zero-order chi connectivity index (χ0) is 23.8. The lowest BCUT2D eigenvalue weighted by atomic mass is 10.2. The first-order valence-corrected chi connectivity index (χ1v) is 11.0.